The molecule has 0 saturated carbocycles. The SMILES string of the molecule is COc1cc(C2C(=C(O)c3cc(C)ccc3C)C(=O)C(=O)N2Cc2cccnc2)cc(Br)c1O. The van der Waals surface area contributed by atoms with Crippen LogP contribution in [0.15, 0.2) is 64.9 Å². The number of amides is 1. The minimum absolute atomic E-state index is 0.0257. The average molecular weight is 523 g/mol. The monoisotopic (exact) mass is 522 g/mol. The normalized spacial score (nSPS) is 17.3. The Bertz CT molecular complexity index is 1320. The molecule has 8 heteroatoms. The number of aliphatic hydroxyl groups is 1. The highest BCUT2D eigenvalue weighted by molar-refractivity contribution is 9.10. The number of hydrogen-bond donors (Lipinski definition) is 2. The number of ether oxygens (including phenoxy) is 1. The summed E-state index contributed by atoms with van der Waals surface area (Å²) in [6, 6.07) is 11.4. The van der Waals surface area contributed by atoms with Crippen LogP contribution in [-0.2, 0) is 16.1 Å². The molecule has 1 aliphatic rings. The number of halogens is 1. The predicted octanol–water partition coefficient (Wildman–Crippen LogP) is 4.80. The number of methoxy groups -OCH3 is 1. The minimum Gasteiger partial charge on any atom is -0.507 e. The Morgan fingerprint density at radius 1 is 1.18 bits per heavy atom. The molecular weight excluding hydrogens is 500 g/mol. The zero-order chi connectivity index (χ0) is 24.6. The first-order valence-corrected chi connectivity index (χ1v) is 11.3. The minimum atomic E-state index is -0.911. The zero-order valence-corrected chi connectivity index (χ0v) is 20.5. The van der Waals surface area contributed by atoms with Gasteiger partial charge in [0.15, 0.2) is 11.5 Å². The van der Waals surface area contributed by atoms with Gasteiger partial charge in [0.05, 0.1) is 23.2 Å². The molecule has 2 heterocycles. The van der Waals surface area contributed by atoms with E-state index in [9.17, 15) is 19.8 Å². The van der Waals surface area contributed by atoms with E-state index in [4.69, 9.17) is 4.74 Å². The Labute approximate surface area is 205 Å². The van der Waals surface area contributed by atoms with Gasteiger partial charge in [-0.05, 0) is 70.7 Å². The molecule has 2 N–H and O–H groups in total. The van der Waals surface area contributed by atoms with Gasteiger partial charge in [-0.3, -0.25) is 14.6 Å². The standard InChI is InChI=1S/C26H23BrN2O5/c1-14-6-7-15(2)18(9-14)23(30)21-22(17-10-19(27)24(31)20(11-17)34-3)29(26(33)25(21)32)13-16-5-4-8-28-12-16/h4-12,22,30-31H,13H2,1-3H3. The second-order valence-corrected chi connectivity index (χ2v) is 9.01. The molecule has 1 fully saturated rings. The first kappa shape index (κ1) is 23.5. The molecule has 1 atom stereocenters. The van der Waals surface area contributed by atoms with Crippen molar-refractivity contribution in [1.29, 1.82) is 0 Å². The largest absolute Gasteiger partial charge is 0.507 e. The lowest BCUT2D eigenvalue weighted by atomic mass is 9.93. The van der Waals surface area contributed by atoms with Gasteiger partial charge in [0.25, 0.3) is 11.7 Å². The third kappa shape index (κ3) is 4.17. The number of carbonyl (C=O) groups is 2. The lowest BCUT2D eigenvalue weighted by Gasteiger charge is -2.26. The van der Waals surface area contributed by atoms with Crippen LogP contribution in [0.1, 0.15) is 33.9 Å². The number of Topliss-reactive ketones (excluding diaryl/α,β-unsaturated/α-hetero) is 1. The third-order valence-corrected chi connectivity index (χ3v) is 6.45. The summed E-state index contributed by atoms with van der Waals surface area (Å²) in [5, 5.41) is 21.7. The summed E-state index contributed by atoms with van der Waals surface area (Å²) in [5.41, 5.74) is 3.35. The fourth-order valence-corrected chi connectivity index (χ4v) is 4.58. The van der Waals surface area contributed by atoms with Gasteiger partial charge in [0.2, 0.25) is 0 Å². The Balaban J connectivity index is 1.96. The Morgan fingerprint density at radius 2 is 1.94 bits per heavy atom. The summed E-state index contributed by atoms with van der Waals surface area (Å²) < 4.78 is 5.63. The summed E-state index contributed by atoms with van der Waals surface area (Å²) in [4.78, 5) is 32.0. The van der Waals surface area contributed by atoms with Gasteiger partial charge < -0.3 is 19.8 Å². The highest BCUT2D eigenvalue weighted by Crippen LogP contribution is 2.45. The van der Waals surface area contributed by atoms with Gasteiger partial charge in [-0.25, -0.2) is 0 Å². The van der Waals surface area contributed by atoms with E-state index in [1.807, 2.05) is 26.0 Å². The third-order valence-electron chi connectivity index (χ3n) is 5.85. The molecule has 0 bridgehead atoms. The molecule has 1 unspecified atom stereocenters. The van der Waals surface area contributed by atoms with Crippen molar-refractivity contribution in [3.05, 3.63) is 92.7 Å². The van der Waals surface area contributed by atoms with Crippen LogP contribution in [-0.4, -0.2) is 38.9 Å². The molecule has 1 saturated heterocycles. The number of aliphatic hydroxyl groups excluding tert-OH is 1. The van der Waals surface area contributed by atoms with E-state index in [0.29, 0.717) is 15.6 Å². The van der Waals surface area contributed by atoms with Crippen molar-refractivity contribution in [3.63, 3.8) is 0 Å². The van der Waals surface area contributed by atoms with Gasteiger partial charge in [-0.2, -0.15) is 0 Å². The second kappa shape index (κ2) is 9.30. The lowest BCUT2D eigenvalue weighted by molar-refractivity contribution is -0.140. The van der Waals surface area contributed by atoms with E-state index in [2.05, 4.69) is 20.9 Å². The highest BCUT2D eigenvalue weighted by atomic mass is 79.9. The molecule has 1 aliphatic heterocycles. The molecule has 3 aromatic rings. The fraction of sp³-hybridized carbons (Fsp3) is 0.192. The van der Waals surface area contributed by atoms with Crippen molar-refractivity contribution in [3.8, 4) is 11.5 Å². The topological polar surface area (TPSA) is 100.0 Å². The van der Waals surface area contributed by atoms with Crippen LogP contribution < -0.4 is 4.74 Å². The average Bonchev–Trinajstić information content (AvgIpc) is 3.07. The molecule has 1 amide bonds. The van der Waals surface area contributed by atoms with Crippen LogP contribution in [0.3, 0.4) is 0 Å². The van der Waals surface area contributed by atoms with Gasteiger partial charge >= 0.3 is 0 Å². The number of phenolic OH excluding ortho intramolecular Hbond substituents is 1. The molecule has 1 aromatic heterocycles. The second-order valence-electron chi connectivity index (χ2n) is 8.16. The number of aromatic nitrogens is 1. The van der Waals surface area contributed by atoms with Crippen molar-refractivity contribution < 1.29 is 24.5 Å². The number of ketones is 1. The number of nitrogens with zero attached hydrogens (tertiary/aromatic N) is 2. The van der Waals surface area contributed by atoms with Gasteiger partial charge in [-0.1, -0.05) is 23.8 Å². The summed E-state index contributed by atoms with van der Waals surface area (Å²) >= 11 is 3.32. The Kier molecular flexibility index (Phi) is 6.43. The summed E-state index contributed by atoms with van der Waals surface area (Å²) in [6.07, 6.45) is 3.24. The van der Waals surface area contributed by atoms with E-state index in [1.54, 1.807) is 42.7 Å². The van der Waals surface area contributed by atoms with Gasteiger partial charge in [-0.15, -0.1) is 0 Å². The molecule has 0 spiro atoms. The number of benzene rings is 2. The van der Waals surface area contributed by atoms with Gasteiger partial charge in [0.1, 0.15) is 5.76 Å². The molecule has 7 nitrogen and oxygen atoms in total. The van der Waals surface area contributed by atoms with E-state index >= 15 is 0 Å². The first-order valence-electron chi connectivity index (χ1n) is 10.5. The maximum Gasteiger partial charge on any atom is 0.295 e. The molecule has 174 valence electrons. The number of rotatable bonds is 5. The predicted molar refractivity (Wildman–Crippen MR) is 130 cm³/mol. The zero-order valence-electron chi connectivity index (χ0n) is 18.9. The number of phenols is 1. The first-order chi connectivity index (χ1) is 16.2. The van der Waals surface area contributed by atoms with Crippen LogP contribution in [0.4, 0.5) is 0 Å². The smallest absolute Gasteiger partial charge is 0.295 e. The molecule has 4 rings (SSSR count). The maximum atomic E-state index is 13.3. The molecule has 34 heavy (non-hydrogen) atoms. The number of aryl methyl sites for hydroxylation is 2. The lowest BCUT2D eigenvalue weighted by Crippen LogP contribution is -2.29. The van der Waals surface area contributed by atoms with Crippen LogP contribution >= 0.6 is 15.9 Å². The van der Waals surface area contributed by atoms with Crippen LogP contribution in [0.5, 0.6) is 11.5 Å². The number of hydrogen-bond acceptors (Lipinski definition) is 6. The maximum absolute atomic E-state index is 13.3. The molecule has 0 radical (unpaired) electrons. The molecular formula is C26H23BrN2O5. The van der Waals surface area contributed by atoms with Crippen molar-refractivity contribution in [2.45, 2.75) is 26.4 Å². The van der Waals surface area contributed by atoms with E-state index in [1.165, 1.54) is 12.0 Å². The van der Waals surface area contributed by atoms with Crippen LogP contribution in [0, 0.1) is 13.8 Å². The van der Waals surface area contributed by atoms with Gasteiger partial charge in [0, 0.05) is 24.5 Å². The number of likely N-dealkylation sites (tertiary alicyclic amines) is 1. The number of aromatic hydroxyl groups is 1. The quantitative estimate of drug-likeness (QED) is 0.283. The van der Waals surface area contributed by atoms with Crippen LogP contribution in [0.2, 0.25) is 0 Å². The number of pyridine rings is 1. The van der Waals surface area contributed by atoms with Crippen LogP contribution in [0.25, 0.3) is 5.76 Å². The molecule has 0 aliphatic carbocycles. The Morgan fingerprint density at radius 3 is 2.62 bits per heavy atom. The van der Waals surface area contributed by atoms with Crippen molar-refractivity contribution in [1.82, 2.24) is 9.88 Å². The van der Waals surface area contributed by atoms with Crippen molar-refractivity contribution in [2.24, 2.45) is 0 Å². The fourth-order valence-electron chi connectivity index (χ4n) is 4.12. The van der Waals surface area contributed by atoms with E-state index < -0.39 is 17.7 Å². The number of carbonyl (C=O) groups excluding carboxylic acids is 2. The highest BCUT2D eigenvalue weighted by Gasteiger charge is 2.46. The summed E-state index contributed by atoms with van der Waals surface area (Å²) in [6.45, 7) is 3.82. The summed E-state index contributed by atoms with van der Waals surface area (Å²) in [5.74, 6) is -1.70. The van der Waals surface area contributed by atoms with Crippen molar-refractivity contribution >= 4 is 33.4 Å². The summed E-state index contributed by atoms with van der Waals surface area (Å²) in [7, 11) is 1.41. The molecule has 2 aromatic carbocycles. The Hall–Kier alpha value is -3.65. The van der Waals surface area contributed by atoms with Crippen molar-refractivity contribution in [2.75, 3.05) is 7.11 Å². The van der Waals surface area contributed by atoms with E-state index in [0.717, 1.165) is 16.7 Å². The van der Waals surface area contributed by atoms with E-state index in [-0.39, 0.29) is 29.4 Å².